The molecule has 1 aliphatic carbocycles. The highest BCUT2D eigenvalue weighted by atomic mass is 35.5. The van der Waals surface area contributed by atoms with Crippen molar-refractivity contribution >= 4 is 23.2 Å². The molecule has 1 saturated carbocycles. The minimum Gasteiger partial charge on any atom is -0.369 e. The Balaban J connectivity index is 1.65. The summed E-state index contributed by atoms with van der Waals surface area (Å²) >= 11 is 5.82. The quantitative estimate of drug-likeness (QED) is 0.861. The smallest absolute Gasteiger partial charge is 0.170 e. The summed E-state index contributed by atoms with van der Waals surface area (Å²) in [5.74, 6) is 0.957. The van der Waals surface area contributed by atoms with Gasteiger partial charge in [-0.2, -0.15) is 0 Å². The van der Waals surface area contributed by atoms with E-state index in [0.717, 1.165) is 12.3 Å². The largest absolute Gasteiger partial charge is 0.369 e. The van der Waals surface area contributed by atoms with Gasteiger partial charge >= 0.3 is 0 Å². The molecule has 3 nitrogen and oxygen atoms in total. The van der Waals surface area contributed by atoms with Gasteiger partial charge in [-0.25, -0.2) is 0 Å². The Morgan fingerprint density at radius 1 is 1.26 bits per heavy atom. The third-order valence-electron chi connectivity index (χ3n) is 3.90. The maximum absolute atomic E-state index is 12.2. The number of ketones is 1. The van der Waals surface area contributed by atoms with Crippen LogP contribution in [0.5, 0.6) is 0 Å². The third-order valence-corrected chi connectivity index (χ3v) is 4.15. The van der Waals surface area contributed by atoms with Crippen molar-refractivity contribution in [3.8, 4) is 0 Å². The normalized spacial score (nSPS) is 25.4. The second kappa shape index (κ2) is 5.33. The topological polar surface area (TPSA) is 41.5 Å². The summed E-state index contributed by atoms with van der Waals surface area (Å²) in [6, 6.07) is 7.89. The maximum Gasteiger partial charge on any atom is 0.170 e. The molecule has 1 N–H and O–H groups in total. The molecule has 0 saturated heterocycles. The van der Waals surface area contributed by atoms with E-state index in [1.807, 2.05) is 0 Å². The van der Waals surface area contributed by atoms with Gasteiger partial charge in [-0.05, 0) is 37.1 Å². The van der Waals surface area contributed by atoms with E-state index >= 15 is 0 Å². The summed E-state index contributed by atoms with van der Waals surface area (Å²) in [6.07, 6.45) is 5.21. The maximum atomic E-state index is 12.2. The van der Waals surface area contributed by atoms with Crippen molar-refractivity contribution in [3.05, 3.63) is 34.9 Å². The summed E-state index contributed by atoms with van der Waals surface area (Å²) < 4.78 is 0. The molecule has 2 atom stereocenters. The summed E-state index contributed by atoms with van der Waals surface area (Å²) in [5, 5.41) is 4.06. The van der Waals surface area contributed by atoms with E-state index in [0.29, 0.717) is 29.1 Å². The van der Waals surface area contributed by atoms with E-state index in [1.54, 1.807) is 24.3 Å². The molecule has 1 aromatic rings. The van der Waals surface area contributed by atoms with Gasteiger partial charge in [-0.3, -0.25) is 9.79 Å². The molecule has 3 rings (SSSR count). The molecular weight excluding hydrogens is 260 g/mol. The first-order valence-corrected chi connectivity index (χ1v) is 7.22. The number of hydrogen-bond acceptors (Lipinski definition) is 3. The molecule has 100 valence electrons. The molecular formula is C15H17ClN2O. The molecule has 2 aliphatic rings. The van der Waals surface area contributed by atoms with E-state index in [1.165, 1.54) is 19.3 Å². The second-order valence-corrected chi connectivity index (χ2v) is 5.72. The zero-order valence-electron chi connectivity index (χ0n) is 10.7. The molecule has 1 heterocycles. The average molecular weight is 277 g/mol. The lowest BCUT2D eigenvalue weighted by Gasteiger charge is -2.23. The van der Waals surface area contributed by atoms with E-state index in [-0.39, 0.29) is 5.78 Å². The standard InChI is InChI=1S/C15H17ClN2O/c16-11-7-5-10(6-8-11)14(19)9-15-17-12-3-1-2-4-13(12)18-15/h5-8,12-13H,1-4,9H2,(H,17,18)/t12-,13+. The Labute approximate surface area is 118 Å². The van der Waals surface area contributed by atoms with Crippen LogP contribution >= 0.6 is 11.6 Å². The highest BCUT2D eigenvalue weighted by Crippen LogP contribution is 2.25. The number of nitrogens with zero attached hydrogens (tertiary/aromatic N) is 1. The lowest BCUT2D eigenvalue weighted by Crippen LogP contribution is -2.37. The van der Waals surface area contributed by atoms with Crippen molar-refractivity contribution in [2.24, 2.45) is 4.99 Å². The van der Waals surface area contributed by atoms with Crippen LogP contribution in [0.2, 0.25) is 5.02 Å². The SMILES string of the molecule is O=C(CC1=N[C@@H]2CCCC[C@@H]2N1)c1ccc(Cl)cc1. The molecule has 19 heavy (non-hydrogen) atoms. The molecule has 0 unspecified atom stereocenters. The number of carbonyl (C=O) groups is 1. The molecule has 0 bridgehead atoms. The van der Waals surface area contributed by atoms with Crippen molar-refractivity contribution < 1.29 is 4.79 Å². The van der Waals surface area contributed by atoms with Crippen molar-refractivity contribution in [2.45, 2.75) is 44.2 Å². The molecule has 1 aromatic carbocycles. The monoisotopic (exact) mass is 276 g/mol. The van der Waals surface area contributed by atoms with Crippen LogP contribution in [0.15, 0.2) is 29.3 Å². The number of rotatable bonds is 3. The number of amidine groups is 1. The fourth-order valence-corrected chi connectivity index (χ4v) is 3.00. The number of halogens is 1. The van der Waals surface area contributed by atoms with Gasteiger partial charge in [0, 0.05) is 16.6 Å². The zero-order chi connectivity index (χ0) is 13.2. The van der Waals surface area contributed by atoms with Crippen molar-refractivity contribution in [1.29, 1.82) is 0 Å². The van der Waals surface area contributed by atoms with Crippen molar-refractivity contribution in [2.75, 3.05) is 0 Å². The minimum atomic E-state index is 0.0987. The minimum absolute atomic E-state index is 0.0987. The summed E-state index contributed by atoms with van der Waals surface area (Å²) in [5.41, 5.74) is 0.698. The summed E-state index contributed by atoms with van der Waals surface area (Å²) in [4.78, 5) is 16.8. The molecule has 4 heteroatoms. The van der Waals surface area contributed by atoms with E-state index in [9.17, 15) is 4.79 Å². The predicted molar refractivity (Wildman–Crippen MR) is 77.0 cm³/mol. The van der Waals surface area contributed by atoms with E-state index in [4.69, 9.17) is 11.6 Å². The van der Waals surface area contributed by atoms with Gasteiger partial charge in [0.15, 0.2) is 5.78 Å². The molecule has 1 fully saturated rings. The molecule has 0 amide bonds. The van der Waals surface area contributed by atoms with Crippen LogP contribution < -0.4 is 5.32 Å². The van der Waals surface area contributed by atoms with Crippen LogP contribution in [0.1, 0.15) is 42.5 Å². The molecule has 0 aromatic heterocycles. The van der Waals surface area contributed by atoms with Gasteiger partial charge in [0.2, 0.25) is 0 Å². The fraction of sp³-hybridized carbons (Fsp3) is 0.467. The molecule has 1 aliphatic heterocycles. The Morgan fingerprint density at radius 2 is 2.00 bits per heavy atom. The van der Waals surface area contributed by atoms with Crippen LogP contribution in [0.25, 0.3) is 0 Å². The number of fused-ring (bicyclic) bond motifs is 1. The van der Waals surface area contributed by atoms with Gasteiger partial charge in [-0.1, -0.05) is 24.4 Å². The number of hydrogen-bond donors (Lipinski definition) is 1. The summed E-state index contributed by atoms with van der Waals surface area (Å²) in [6.45, 7) is 0. The number of benzene rings is 1. The van der Waals surface area contributed by atoms with Crippen LogP contribution in [0.4, 0.5) is 0 Å². The highest BCUT2D eigenvalue weighted by molar-refractivity contribution is 6.30. The highest BCUT2D eigenvalue weighted by Gasteiger charge is 2.31. The Morgan fingerprint density at radius 3 is 2.74 bits per heavy atom. The van der Waals surface area contributed by atoms with Crippen molar-refractivity contribution in [3.63, 3.8) is 0 Å². The second-order valence-electron chi connectivity index (χ2n) is 5.29. The lowest BCUT2D eigenvalue weighted by atomic mass is 9.92. The van der Waals surface area contributed by atoms with Gasteiger partial charge in [0.1, 0.15) is 5.84 Å². The van der Waals surface area contributed by atoms with E-state index < -0.39 is 0 Å². The van der Waals surface area contributed by atoms with Crippen LogP contribution in [0.3, 0.4) is 0 Å². The zero-order valence-corrected chi connectivity index (χ0v) is 11.5. The molecule has 0 radical (unpaired) electrons. The number of aliphatic imine (C=N–C) groups is 1. The van der Waals surface area contributed by atoms with Crippen LogP contribution in [-0.2, 0) is 0 Å². The van der Waals surface area contributed by atoms with Gasteiger partial charge in [0.05, 0.1) is 12.5 Å². The van der Waals surface area contributed by atoms with Gasteiger partial charge < -0.3 is 5.32 Å². The number of carbonyl (C=O) groups excluding carboxylic acids is 1. The third kappa shape index (κ3) is 2.81. The first kappa shape index (κ1) is 12.7. The van der Waals surface area contributed by atoms with Gasteiger partial charge in [-0.15, -0.1) is 0 Å². The average Bonchev–Trinajstić information content (AvgIpc) is 2.81. The Hall–Kier alpha value is -1.35. The lowest BCUT2D eigenvalue weighted by molar-refractivity contribution is 0.1000. The van der Waals surface area contributed by atoms with E-state index in [2.05, 4.69) is 10.3 Å². The number of nitrogens with one attached hydrogen (secondary N) is 1. The number of Topliss-reactive ketones (excluding diaryl/α,β-unsaturated/α-hetero) is 1. The fourth-order valence-electron chi connectivity index (χ4n) is 2.87. The first-order chi connectivity index (χ1) is 9.22. The Bertz CT molecular complexity index is 509. The van der Waals surface area contributed by atoms with Crippen LogP contribution in [0, 0.1) is 0 Å². The summed E-state index contributed by atoms with van der Waals surface area (Å²) in [7, 11) is 0. The van der Waals surface area contributed by atoms with Crippen LogP contribution in [-0.4, -0.2) is 23.7 Å². The Kier molecular flexibility index (Phi) is 3.56. The molecule has 0 spiro atoms. The van der Waals surface area contributed by atoms with Crippen molar-refractivity contribution in [1.82, 2.24) is 5.32 Å². The first-order valence-electron chi connectivity index (χ1n) is 6.84. The van der Waals surface area contributed by atoms with Gasteiger partial charge in [0.25, 0.3) is 0 Å². The predicted octanol–water partition coefficient (Wildman–Crippen LogP) is 3.23.